The highest BCUT2D eigenvalue weighted by Crippen LogP contribution is 2.50. The zero-order valence-corrected chi connectivity index (χ0v) is 33.3. The van der Waals surface area contributed by atoms with Crippen molar-refractivity contribution in [3.05, 3.63) is 101 Å². The Balaban J connectivity index is 1.95. The number of aryl methyl sites for hydroxylation is 1. The van der Waals surface area contributed by atoms with Crippen molar-refractivity contribution >= 4 is 36.0 Å². The van der Waals surface area contributed by atoms with Crippen molar-refractivity contribution in [3.8, 4) is 0 Å². The molecule has 2 unspecified atom stereocenters. The summed E-state index contributed by atoms with van der Waals surface area (Å²) in [5.41, 5.74) is 2.45. The van der Waals surface area contributed by atoms with Crippen LogP contribution >= 0.6 is 0 Å². The van der Waals surface area contributed by atoms with Crippen LogP contribution < -0.4 is 4.90 Å². The molecule has 13 nitrogen and oxygen atoms in total. The summed E-state index contributed by atoms with van der Waals surface area (Å²) in [4.78, 5) is 1.55. The maximum absolute atomic E-state index is 12.1. The van der Waals surface area contributed by atoms with Gasteiger partial charge in [-0.1, -0.05) is 43.9 Å². The Kier molecular flexibility index (Phi) is 15.4. The number of rotatable bonds is 21. The lowest BCUT2D eigenvalue weighted by molar-refractivity contribution is 0.0220. The normalized spacial score (nSPS) is 18.6. The van der Waals surface area contributed by atoms with E-state index in [2.05, 4.69) is 11.5 Å². The lowest BCUT2D eigenvalue weighted by Crippen LogP contribution is -2.30. The first-order chi connectivity index (χ1) is 24.7. The predicted octanol–water partition coefficient (Wildman–Crippen LogP) is 5.83. The minimum absolute atomic E-state index is 0.0511. The Morgan fingerprint density at radius 3 is 2.09 bits per heavy atom. The van der Waals surface area contributed by atoms with Gasteiger partial charge >= 0.3 is 0 Å². The van der Waals surface area contributed by atoms with Crippen LogP contribution in [0.15, 0.2) is 94.4 Å². The van der Waals surface area contributed by atoms with Crippen molar-refractivity contribution < 1.29 is 53.1 Å². The van der Waals surface area contributed by atoms with Crippen LogP contribution in [0.2, 0.25) is 0 Å². The van der Waals surface area contributed by atoms with Gasteiger partial charge in [0, 0.05) is 42.5 Å². The van der Waals surface area contributed by atoms with Gasteiger partial charge in [0.1, 0.15) is 0 Å². The Morgan fingerprint density at radius 1 is 0.887 bits per heavy atom. The smallest absolute Gasteiger partial charge is 0.294 e. The zero-order chi connectivity index (χ0) is 39.7. The first-order valence-electron chi connectivity index (χ1n) is 17.0. The van der Waals surface area contributed by atoms with Gasteiger partial charge in [-0.2, -0.15) is 25.3 Å². The molecule has 16 heteroatoms. The standard InChI is InChI=1S/C37H51NO12S3/c1-7-38-34-17-16-31(53(45,46)47)27-33(34)37(5,19-20-49-23-24-50-22-21-48-6)35(38)13-10-8-9-12-29(3)36(4,18-11-25-51(39,40)41)32-26-30(52(42,43)44)15-14-28(32)2/h8-10,12-17,26-27H,3,7,11,18-25H2,1-2,4-6H3,(H,39,40,41)(H,42,43,44)(H,45,46,47)/b10-8+,12-9+,35-13+. The third-order valence-corrected chi connectivity index (χ3v) is 12.0. The van der Waals surface area contributed by atoms with Gasteiger partial charge in [0.25, 0.3) is 30.4 Å². The van der Waals surface area contributed by atoms with Crippen LogP contribution in [0.25, 0.3) is 0 Å². The molecule has 0 aromatic heterocycles. The Bertz CT molecular complexity index is 2040. The molecule has 3 rings (SSSR count). The van der Waals surface area contributed by atoms with E-state index in [-0.39, 0.29) is 22.6 Å². The number of hydrogen-bond donors (Lipinski definition) is 3. The number of nitrogens with zero attached hydrogens (tertiary/aromatic N) is 1. The van der Waals surface area contributed by atoms with Crippen molar-refractivity contribution in [2.75, 3.05) is 57.3 Å². The van der Waals surface area contributed by atoms with E-state index < -0.39 is 46.9 Å². The number of likely N-dealkylation sites (N-methyl/N-ethyl adjacent to an activating group) is 1. The number of methoxy groups -OCH3 is 1. The van der Waals surface area contributed by atoms with Crippen LogP contribution in [0.4, 0.5) is 5.69 Å². The van der Waals surface area contributed by atoms with E-state index in [4.69, 9.17) is 14.2 Å². The SMILES string of the molecule is C=C(/C=C/C=C/C=C1/N(CC)c2ccc(S(=O)(=O)O)cc2C1(C)CCOCCOCCOC)C(C)(CCCS(=O)(=O)O)c1cc(S(=O)(=O)O)ccc1C. The summed E-state index contributed by atoms with van der Waals surface area (Å²) in [6.07, 6.45) is 9.70. The fraction of sp³-hybridized carbons (Fsp3) is 0.459. The highest BCUT2D eigenvalue weighted by atomic mass is 32.2. The highest BCUT2D eigenvalue weighted by molar-refractivity contribution is 7.86. The summed E-state index contributed by atoms with van der Waals surface area (Å²) < 4.78 is 116. The van der Waals surface area contributed by atoms with E-state index in [0.29, 0.717) is 62.7 Å². The molecule has 1 aliphatic rings. The molecule has 2 atom stereocenters. The lowest BCUT2D eigenvalue weighted by atomic mass is 9.71. The van der Waals surface area contributed by atoms with Crippen LogP contribution in [0.5, 0.6) is 0 Å². The molecule has 294 valence electrons. The van der Waals surface area contributed by atoms with E-state index >= 15 is 0 Å². The lowest BCUT2D eigenvalue weighted by Gasteiger charge is -2.33. The number of hydrogen-bond acceptors (Lipinski definition) is 10. The van der Waals surface area contributed by atoms with Gasteiger partial charge in [0.2, 0.25) is 0 Å². The van der Waals surface area contributed by atoms with Crippen molar-refractivity contribution in [1.82, 2.24) is 0 Å². The predicted molar refractivity (Wildman–Crippen MR) is 204 cm³/mol. The minimum atomic E-state index is -4.53. The molecular weight excluding hydrogens is 747 g/mol. The van der Waals surface area contributed by atoms with Crippen molar-refractivity contribution in [2.45, 2.75) is 67.6 Å². The minimum Gasteiger partial charge on any atom is -0.382 e. The second kappa shape index (κ2) is 18.4. The van der Waals surface area contributed by atoms with Crippen molar-refractivity contribution in [2.24, 2.45) is 0 Å². The van der Waals surface area contributed by atoms with Gasteiger partial charge in [-0.15, -0.1) is 0 Å². The molecule has 3 N–H and O–H groups in total. The van der Waals surface area contributed by atoms with Gasteiger partial charge in [0.05, 0.1) is 42.0 Å². The van der Waals surface area contributed by atoms with Crippen LogP contribution in [-0.4, -0.2) is 91.4 Å². The van der Waals surface area contributed by atoms with E-state index in [9.17, 15) is 38.9 Å². The zero-order valence-electron chi connectivity index (χ0n) is 30.8. The number of ether oxygens (including phenoxy) is 3. The highest BCUT2D eigenvalue weighted by Gasteiger charge is 2.43. The van der Waals surface area contributed by atoms with Crippen LogP contribution in [0, 0.1) is 6.92 Å². The van der Waals surface area contributed by atoms with E-state index in [1.54, 1.807) is 51.3 Å². The summed E-state index contributed by atoms with van der Waals surface area (Å²) in [6, 6.07) is 8.74. The van der Waals surface area contributed by atoms with Crippen molar-refractivity contribution in [1.29, 1.82) is 0 Å². The van der Waals surface area contributed by atoms with Gasteiger partial charge < -0.3 is 19.1 Å². The molecule has 0 bridgehead atoms. The van der Waals surface area contributed by atoms with E-state index in [1.807, 2.05) is 26.0 Å². The van der Waals surface area contributed by atoms with E-state index in [0.717, 1.165) is 16.9 Å². The maximum Gasteiger partial charge on any atom is 0.294 e. The molecule has 0 saturated heterocycles. The molecule has 2 aromatic carbocycles. The molecule has 0 radical (unpaired) electrons. The van der Waals surface area contributed by atoms with Gasteiger partial charge in [-0.3, -0.25) is 13.7 Å². The summed E-state index contributed by atoms with van der Waals surface area (Å²) in [6.45, 7) is 14.3. The maximum atomic E-state index is 12.1. The Morgan fingerprint density at radius 2 is 1.49 bits per heavy atom. The van der Waals surface area contributed by atoms with Gasteiger partial charge in [-0.05, 0) is 98.7 Å². The van der Waals surface area contributed by atoms with Crippen LogP contribution in [-0.2, 0) is 55.4 Å². The fourth-order valence-electron chi connectivity index (χ4n) is 6.54. The Hall–Kier alpha value is -3.19. The average molecular weight is 798 g/mol. The van der Waals surface area contributed by atoms with Crippen LogP contribution in [0.1, 0.15) is 56.7 Å². The summed E-state index contributed by atoms with van der Waals surface area (Å²) in [5, 5.41) is 0. The molecule has 53 heavy (non-hydrogen) atoms. The topological polar surface area (TPSA) is 194 Å². The first-order valence-corrected chi connectivity index (χ1v) is 21.5. The van der Waals surface area contributed by atoms with E-state index in [1.165, 1.54) is 24.3 Å². The summed E-state index contributed by atoms with van der Waals surface area (Å²) in [5.74, 6) is -0.502. The van der Waals surface area contributed by atoms with Crippen LogP contribution in [0.3, 0.4) is 0 Å². The van der Waals surface area contributed by atoms with Gasteiger partial charge in [-0.25, -0.2) is 0 Å². The third kappa shape index (κ3) is 11.7. The molecule has 2 aromatic rings. The summed E-state index contributed by atoms with van der Waals surface area (Å²) >= 11 is 0. The number of allylic oxidation sites excluding steroid dienone is 7. The molecular formula is C37H51NO12S3. The third-order valence-electron chi connectivity index (χ3n) is 9.54. The molecule has 0 amide bonds. The Labute approximate surface area is 314 Å². The van der Waals surface area contributed by atoms with Crippen molar-refractivity contribution in [3.63, 3.8) is 0 Å². The number of benzene rings is 2. The monoisotopic (exact) mass is 797 g/mol. The summed E-state index contributed by atoms with van der Waals surface area (Å²) in [7, 11) is -11.6. The second-order valence-corrected chi connectivity index (χ2v) is 17.6. The van der Waals surface area contributed by atoms with Gasteiger partial charge in [0.15, 0.2) is 0 Å². The molecule has 1 aliphatic heterocycles. The molecule has 0 spiro atoms. The molecule has 1 heterocycles. The largest absolute Gasteiger partial charge is 0.382 e. The molecule has 0 aliphatic carbocycles. The molecule has 0 saturated carbocycles. The second-order valence-electron chi connectivity index (χ2n) is 13.2. The molecule has 0 fully saturated rings. The number of fused-ring (bicyclic) bond motifs is 1. The average Bonchev–Trinajstić information content (AvgIpc) is 3.30. The number of anilines is 1. The quantitative estimate of drug-likeness (QED) is 0.0776. The fourth-order valence-corrected chi connectivity index (χ4v) is 8.06. The first kappa shape index (κ1) is 44.2.